The van der Waals surface area contributed by atoms with Crippen molar-refractivity contribution in [3.8, 4) is 11.5 Å². The number of hydrogen-bond acceptors (Lipinski definition) is 6. The molecule has 2 aliphatic heterocycles. The number of rotatable bonds is 11. The molecular weight excluding hydrogens is 492 g/mol. The lowest BCUT2D eigenvalue weighted by Crippen LogP contribution is -2.09. The Morgan fingerprint density at radius 2 is 1.97 bits per heavy atom. The van der Waals surface area contributed by atoms with Crippen molar-refractivity contribution < 1.29 is 24.2 Å². The molecule has 5 rings (SSSR count). The van der Waals surface area contributed by atoms with Crippen molar-refractivity contribution in [2.75, 3.05) is 6.61 Å². The third kappa shape index (κ3) is 6.48. The summed E-state index contributed by atoms with van der Waals surface area (Å²) in [7, 11) is 0. The van der Waals surface area contributed by atoms with Crippen molar-refractivity contribution in [2.24, 2.45) is 5.92 Å². The summed E-state index contributed by atoms with van der Waals surface area (Å²) in [5.74, 6) is 2.59. The van der Waals surface area contributed by atoms with Crippen LogP contribution in [0.4, 0.5) is 0 Å². The predicted octanol–water partition coefficient (Wildman–Crippen LogP) is 6.52. The molecule has 0 fully saturated rings. The molecule has 2 aliphatic rings. The minimum absolute atomic E-state index is 0.00000410. The molecule has 2 aromatic heterocycles. The van der Waals surface area contributed by atoms with Crippen LogP contribution in [0.3, 0.4) is 0 Å². The van der Waals surface area contributed by atoms with Gasteiger partial charge in [-0.3, -0.25) is 9.59 Å². The van der Waals surface area contributed by atoms with E-state index in [1.54, 1.807) is 28.9 Å². The molecule has 0 saturated heterocycles. The molecule has 1 atom stereocenters. The van der Waals surface area contributed by atoms with E-state index in [4.69, 9.17) is 9.47 Å². The Hall–Kier alpha value is -4.13. The van der Waals surface area contributed by atoms with Crippen molar-refractivity contribution in [3.63, 3.8) is 0 Å². The quantitative estimate of drug-likeness (QED) is 0.286. The number of pyridine rings is 1. The molecule has 1 aromatic carbocycles. The number of carbonyl (C=O) groups excluding carboxylic acids is 2. The molecule has 0 spiro atoms. The molecule has 202 valence electrons. The molecule has 1 unspecified atom stereocenters. The van der Waals surface area contributed by atoms with Crippen molar-refractivity contribution >= 4 is 17.1 Å². The van der Waals surface area contributed by atoms with Crippen LogP contribution in [0.25, 0.3) is 5.52 Å². The van der Waals surface area contributed by atoms with Crippen molar-refractivity contribution in [1.82, 2.24) is 9.61 Å². The van der Waals surface area contributed by atoms with Gasteiger partial charge in [0.1, 0.15) is 17.3 Å². The van der Waals surface area contributed by atoms with Gasteiger partial charge in [-0.15, -0.1) is 0 Å². The van der Waals surface area contributed by atoms with Crippen molar-refractivity contribution in [2.45, 2.75) is 58.3 Å². The molecule has 4 heterocycles. The van der Waals surface area contributed by atoms with Crippen LogP contribution in [0.1, 0.15) is 67.8 Å². The number of ether oxygens (including phenoxy) is 2. The third-order valence-corrected chi connectivity index (χ3v) is 7.33. The number of hydrogen-bond donors (Lipinski definition) is 1. The van der Waals surface area contributed by atoms with Gasteiger partial charge in [0.2, 0.25) is 0 Å². The highest BCUT2D eigenvalue weighted by Crippen LogP contribution is 2.31. The first-order chi connectivity index (χ1) is 19.0. The smallest absolute Gasteiger partial charge is 0.197 e. The first-order valence-corrected chi connectivity index (χ1v) is 13.7. The van der Waals surface area contributed by atoms with Crippen LogP contribution < -0.4 is 4.74 Å². The van der Waals surface area contributed by atoms with Crippen LogP contribution in [0.2, 0.25) is 0 Å². The Balaban J connectivity index is 1.10. The molecule has 7 heteroatoms. The number of benzene rings is 1. The molecule has 0 amide bonds. The minimum atomic E-state index is -0.00000410. The van der Waals surface area contributed by atoms with E-state index in [1.807, 2.05) is 36.5 Å². The number of phenolic OH excluding ortho intramolecular Hbond substituents is 1. The number of fused-ring (bicyclic) bond motifs is 2. The Morgan fingerprint density at radius 3 is 2.87 bits per heavy atom. The number of nitrogens with zero attached hydrogens (tertiary/aromatic N) is 2. The summed E-state index contributed by atoms with van der Waals surface area (Å²) >= 11 is 0. The molecule has 0 saturated carbocycles. The molecule has 1 N–H and O–H groups in total. The van der Waals surface area contributed by atoms with Gasteiger partial charge in [0.05, 0.1) is 23.9 Å². The predicted molar refractivity (Wildman–Crippen MR) is 149 cm³/mol. The van der Waals surface area contributed by atoms with Gasteiger partial charge in [-0.05, 0) is 79.7 Å². The number of Topliss-reactive ketones (excluding diaryl/α,β-unsaturated/α-hetero) is 2. The van der Waals surface area contributed by atoms with Gasteiger partial charge < -0.3 is 14.6 Å². The summed E-state index contributed by atoms with van der Waals surface area (Å²) in [5, 5.41) is 13.9. The van der Waals surface area contributed by atoms with E-state index in [-0.39, 0.29) is 23.2 Å². The lowest BCUT2D eigenvalue weighted by Gasteiger charge is -2.18. The summed E-state index contributed by atoms with van der Waals surface area (Å²) in [6, 6.07) is 10.8. The molecule has 3 aromatic rings. The second-order valence-corrected chi connectivity index (χ2v) is 10.2. The summed E-state index contributed by atoms with van der Waals surface area (Å²) in [4.78, 5) is 25.8. The fraction of sp³-hybridized carbons (Fsp3) is 0.344. The molecular formula is C32H34N2O5. The lowest BCUT2D eigenvalue weighted by atomic mass is 9.92. The number of allylic oxidation sites excluding steroid dienone is 5. The average Bonchev–Trinajstić information content (AvgIpc) is 3.21. The molecule has 0 bridgehead atoms. The maximum absolute atomic E-state index is 13.0. The van der Waals surface area contributed by atoms with Gasteiger partial charge >= 0.3 is 0 Å². The van der Waals surface area contributed by atoms with Gasteiger partial charge in [-0.25, -0.2) is 4.52 Å². The zero-order chi connectivity index (χ0) is 27.2. The second kappa shape index (κ2) is 12.2. The Kier molecular flexibility index (Phi) is 8.25. The number of aromatic nitrogens is 2. The zero-order valence-corrected chi connectivity index (χ0v) is 22.3. The van der Waals surface area contributed by atoms with Gasteiger partial charge in [-0.2, -0.15) is 5.10 Å². The van der Waals surface area contributed by atoms with Crippen LogP contribution in [0, 0.1) is 5.92 Å². The monoisotopic (exact) mass is 526 g/mol. The van der Waals surface area contributed by atoms with E-state index >= 15 is 0 Å². The highest BCUT2D eigenvalue weighted by molar-refractivity contribution is 6.02. The van der Waals surface area contributed by atoms with Gasteiger partial charge in [-0.1, -0.05) is 19.1 Å². The zero-order valence-electron chi connectivity index (χ0n) is 22.3. The summed E-state index contributed by atoms with van der Waals surface area (Å²) in [5.41, 5.74) is 3.55. The highest BCUT2D eigenvalue weighted by atomic mass is 16.5. The van der Waals surface area contributed by atoms with Gasteiger partial charge in [0.15, 0.2) is 17.3 Å². The minimum Gasteiger partial charge on any atom is -0.508 e. The summed E-state index contributed by atoms with van der Waals surface area (Å²) < 4.78 is 13.5. The first-order valence-electron chi connectivity index (χ1n) is 13.7. The lowest BCUT2D eigenvalue weighted by molar-refractivity contribution is -0.119. The molecule has 39 heavy (non-hydrogen) atoms. The van der Waals surface area contributed by atoms with E-state index in [1.165, 1.54) is 0 Å². The standard InChI is InChI=1S/C32H34N2O5/c1-22(7-4-11-29(36)27-21-33-34-17-3-2-10-28(27)34)23-8-6-18-38-32(20-23)30(37)12-5-9-26-15-13-24-19-25(35)14-16-31(24)39-26/h2-3,8,10,14-17,19-22,35H,4-7,9,11-13,18H2,1H3. The van der Waals surface area contributed by atoms with Crippen LogP contribution in [0.15, 0.2) is 84.1 Å². The van der Waals surface area contributed by atoms with Crippen LogP contribution in [0.5, 0.6) is 11.5 Å². The maximum Gasteiger partial charge on any atom is 0.197 e. The van der Waals surface area contributed by atoms with Crippen LogP contribution in [-0.2, 0) is 16.0 Å². The fourth-order valence-electron chi connectivity index (χ4n) is 5.10. The van der Waals surface area contributed by atoms with E-state index in [0.29, 0.717) is 50.0 Å². The summed E-state index contributed by atoms with van der Waals surface area (Å²) in [6.45, 7) is 2.62. The summed E-state index contributed by atoms with van der Waals surface area (Å²) in [6.07, 6.45) is 14.8. The van der Waals surface area contributed by atoms with E-state index in [0.717, 1.165) is 47.4 Å². The Labute approximate surface area is 228 Å². The average molecular weight is 527 g/mol. The largest absolute Gasteiger partial charge is 0.508 e. The Morgan fingerprint density at radius 1 is 1.10 bits per heavy atom. The van der Waals surface area contributed by atoms with Crippen LogP contribution >= 0.6 is 0 Å². The van der Waals surface area contributed by atoms with Crippen LogP contribution in [-0.4, -0.2) is 32.9 Å². The maximum atomic E-state index is 13.0. The Bertz CT molecular complexity index is 1460. The van der Waals surface area contributed by atoms with E-state index < -0.39 is 0 Å². The second-order valence-electron chi connectivity index (χ2n) is 10.2. The molecule has 0 radical (unpaired) electrons. The van der Waals surface area contributed by atoms with Crippen molar-refractivity contribution in [1.29, 1.82) is 0 Å². The topological polar surface area (TPSA) is 90.1 Å². The molecule has 0 aliphatic carbocycles. The number of ketones is 2. The van der Waals surface area contributed by atoms with E-state index in [9.17, 15) is 14.7 Å². The fourth-order valence-corrected chi connectivity index (χ4v) is 5.10. The SMILES string of the molecule is CC(CCCC(=O)c1cnn2ccccc12)C1=CCCOC(C(=O)CCCC2=CCc3cc(O)ccc3O2)=C1. The number of phenols is 1. The number of carbonyl (C=O) groups is 2. The van der Waals surface area contributed by atoms with Gasteiger partial charge in [0, 0.05) is 37.4 Å². The van der Waals surface area contributed by atoms with E-state index in [2.05, 4.69) is 18.1 Å². The third-order valence-electron chi connectivity index (χ3n) is 7.33. The normalized spacial score (nSPS) is 15.7. The number of aromatic hydroxyl groups is 1. The highest BCUT2D eigenvalue weighted by Gasteiger charge is 2.19. The van der Waals surface area contributed by atoms with Crippen molar-refractivity contribution in [3.05, 3.63) is 95.2 Å². The molecule has 7 nitrogen and oxygen atoms in total. The van der Waals surface area contributed by atoms with Gasteiger partial charge in [0.25, 0.3) is 0 Å². The first kappa shape index (κ1) is 26.5.